The van der Waals surface area contributed by atoms with Gasteiger partial charge in [0.1, 0.15) is 5.82 Å². The summed E-state index contributed by atoms with van der Waals surface area (Å²) in [7, 11) is 4.00. The number of anilines is 1. The molecule has 0 amide bonds. The number of hydrogen-bond donors (Lipinski definition) is 1. The normalized spacial score (nSPS) is 22.5. The molecule has 1 aromatic heterocycles. The van der Waals surface area contributed by atoms with Crippen LogP contribution >= 0.6 is 11.6 Å². The molecule has 0 radical (unpaired) electrons. The second kappa shape index (κ2) is 5.44. The van der Waals surface area contributed by atoms with Gasteiger partial charge in [-0.3, -0.25) is 0 Å². The molecule has 1 N–H and O–H groups in total. The number of rotatable bonds is 2. The van der Waals surface area contributed by atoms with E-state index in [1.807, 2.05) is 32.3 Å². The fourth-order valence-corrected chi connectivity index (χ4v) is 3.15. The number of likely N-dealkylation sites (N-methyl/N-ethyl adjacent to an activating group) is 1. The van der Waals surface area contributed by atoms with Crippen LogP contribution in [0, 0.1) is 6.92 Å². The molecule has 0 bridgehead atoms. The van der Waals surface area contributed by atoms with Gasteiger partial charge in [-0.15, -0.1) is 0 Å². The predicted octanol–water partition coefficient (Wildman–Crippen LogP) is 2.31. The molecule has 2 heterocycles. The third kappa shape index (κ3) is 2.71. The minimum Gasteiger partial charge on any atom is -0.390 e. The van der Waals surface area contributed by atoms with E-state index in [2.05, 4.69) is 22.8 Å². The lowest BCUT2D eigenvalue weighted by atomic mass is 10.1. The number of halogens is 1. The van der Waals surface area contributed by atoms with Crippen molar-refractivity contribution in [2.24, 2.45) is 0 Å². The maximum absolute atomic E-state index is 10.2. The van der Waals surface area contributed by atoms with Gasteiger partial charge >= 0.3 is 0 Å². The summed E-state index contributed by atoms with van der Waals surface area (Å²) in [5, 5.41) is 12.0. The summed E-state index contributed by atoms with van der Waals surface area (Å²) in [5.74, 6) is 0.922. The molecular weight excluding hydrogens is 286 g/mol. The van der Waals surface area contributed by atoms with Crippen LogP contribution in [0.25, 0.3) is 10.9 Å². The van der Waals surface area contributed by atoms with Gasteiger partial charge in [0.2, 0.25) is 0 Å². The van der Waals surface area contributed by atoms with Crippen LogP contribution in [0.4, 0.5) is 5.82 Å². The average Bonchev–Trinajstić information content (AvgIpc) is 2.81. The number of aryl methyl sites for hydroxylation is 1. The van der Waals surface area contributed by atoms with Crippen LogP contribution in [0.3, 0.4) is 0 Å². The molecule has 3 rings (SSSR count). The van der Waals surface area contributed by atoms with Gasteiger partial charge in [-0.25, -0.2) is 4.98 Å². The fraction of sp³-hybridized carbons (Fsp3) is 0.438. The van der Waals surface area contributed by atoms with E-state index in [1.54, 1.807) is 0 Å². The maximum atomic E-state index is 10.2. The zero-order valence-electron chi connectivity index (χ0n) is 12.5. The van der Waals surface area contributed by atoms with Gasteiger partial charge in [0.05, 0.1) is 17.7 Å². The van der Waals surface area contributed by atoms with Crippen molar-refractivity contribution < 1.29 is 5.11 Å². The minimum absolute atomic E-state index is 0.146. The number of aliphatic hydroxyl groups excluding tert-OH is 1. The van der Waals surface area contributed by atoms with Gasteiger partial charge in [0.25, 0.3) is 0 Å². The molecule has 2 aromatic rings. The van der Waals surface area contributed by atoms with Crippen LogP contribution in [-0.2, 0) is 0 Å². The zero-order valence-corrected chi connectivity index (χ0v) is 13.3. The largest absolute Gasteiger partial charge is 0.390 e. The van der Waals surface area contributed by atoms with Crippen LogP contribution < -0.4 is 4.90 Å². The van der Waals surface area contributed by atoms with E-state index in [4.69, 9.17) is 16.6 Å². The highest BCUT2D eigenvalue weighted by Crippen LogP contribution is 2.27. The third-order valence-corrected chi connectivity index (χ3v) is 4.45. The van der Waals surface area contributed by atoms with Crippen molar-refractivity contribution in [3.05, 3.63) is 34.9 Å². The zero-order chi connectivity index (χ0) is 15.1. The predicted molar refractivity (Wildman–Crippen MR) is 87.2 cm³/mol. The molecule has 2 atom stereocenters. The molecule has 1 aliphatic rings. The van der Waals surface area contributed by atoms with Crippen molar-refractivity contribution in [1.29, 1.82) is 0 Å². The maximum Gasteiger partial charge on any atom is 0.129 e. The number of benzene rings is 1. The van der Waals surface area contributed by atoms with E-state index >= 15 is 0 Å². The molecule has 0 unspecified atom stereocenters. The lowest BCUT2D eigenvalue weighted by molar-refractivity contribution is 0.114. The highest BCUT2D eigenvalue weighted by Gasteiger charge is 2.33. The number of β-amino-alcohol motifs (C(OH)–C–C–N with tert-alkyl or cyclic N) is 1. The molecular formula is C16H20ClN3O. The first-order valence-electron chi connectivity index (χ1n) is 7.12. The summed E-state index contributed by atoms with van der Waals surface area (Å²) in [4.78, 5) is 8.94. The molecule has 1 saturated heterocycles. The SMILES string of the molecule is Cc1cc(N2C[C@H](O)[C@@H](N(C)C)C2)nc2ccc(Cl)cc12. The number of nitrogens with zero attached hydrogens (tertiary/aromatic N) is 3. The standard InChI is InChI=1S/C16H20ClN3O/c1-10-6-16(18-13-5-4-11(17)7-12(10)13)20-8-14(19(2)3)15(21)9-20/h4-7,14-15,21H,8-9H2,1-3H3/t14-,15-/m0/s1. The van der Waals surface area contributed by atoms with Gasteiger partial charge in [-0.2, -0.15) is 0 Å². The first-order chi connectivity index (χ1) is 9.95. The van der Waals surface area contributed by atoms with Crippen LogP contribution in [0.2, 0.25) is 5.02 Å². The Balaban J connectivity index is 1.97. The molecule has 4 nitrogen and oxygen atoms in total. The van der Waals surface area contributed by atoms with Crippen LogP contribution in [0.1, 0.15) is 5.56 Å². The second-order valence-corrected chi connectivity index (χ2v) is 6.40. The van der Waals surface area contributed by atoms with E-state index < -0.39 is 0 Å². The summed E-state index contributed by atoms with van der Waals surface area (Å²) in [6.07, 6.45) is -0.344. The number of pyridine rings is 1. The van der Waals surface area contributed by atoms with E-state index in [1.165, 1.54) is 0 Å². The smallest absolute Gasteiger partial charge is 0.129 e. The summed E-state index contributed by atoms with van der Waals surface area (Å²) in [5.41, 5.74) is 2.09. The number of aromatic nitrogens is 1. The molecule has 0 aliphatic carbocycles. The topological polar surface area (TPSA) is 39.6 Å². The highest BCUT2D eigenvalue weighted by atomic mass is 35.5. The van der Waals surface area contributed by atoms with Crippen molar-refractivity contribution in [2.45, 2.75) is 19.1 Å². The Labute approximate surface area is 129 Å². The molecule has 5 heteroatoms. The summed E-state index contributed by atoms with van der Waals surface area (Å²) < 4.78 is 0. The molecule has 0 saturated carbocycles. The van der Waals surface area contributed by atoms with Crippen molar-refractivity contribution in [3.63, 3.8) is 0 Å². The Morgan fingerprint density at radius 3 is 2.71 bits per heavy atom. The summed E-state index contributed by atoms with van der Waals surface area (Å²) in [6.45, 7) is 3.48. The third-order valence-electron chi connectivity index (χ3n) is 4.21. The number of aliphatic hydroxyl groups is 1. The molecule has 1 fully saturated rings. The van der Waals surface area contributed by atoms with Crippen molar-refractivity contribution in [3.8, 4) is 0 Å². The van der Waals surface area contributed by atoms with Crippen molar-refractivity contribution in [1.82, 2.24) is 9.88 Å². The summed E-state index contributed by atoms with van der Waals surface area (Å²) >= 11 is 6.05. The quantitative estimate of drug-likeness (QED) is 0.924. The molecule has 0 spiro atoms. The fourth-order valence-electron chi connectivity index (χ4n) is 2.97. The van der Waals surface area contributed by atoms with Crippen LogP contribution in [-0.4, -0.2) is 54.3 Å². The lowest BCUT2D eigenvalue weighted by Crippen LogP contribution is -2.38. The van der Waals surface area contributed by atoms with Gasteiger partial charge < -0.3 is 14.9 Å². The monoisotopic (exact) mass is 305 g/mol. The van der Waals surface area contributed by atoms with Crippen molar-refractivity contribution in [2.75, 3.05) is 32.1 Å². The molecule has 21 heavy (non-hydrogen) atoms. The Bertz CT molecular complexity index is 674. The van der Waals surface area contributed by atoms with E-state index in [-0.39, 0.29) is 12.1 Å². The van der Waals surface area contributed by atoms with E-state index in [0.717, 1.165) is 33.9 Å². The molecule has 112 valence electrons. The van der Waals surface area contributed by atoms with Gasteiger partial charge in [-0.05, 0) is 50.8 Å². The highest BCUT2D eigenvalue weighted by molar-refractivity contribution is 6.31. The van der Waals surface area contributed by atoms with Gasteiger partial charge in [-0.1, -0.05) is 11.6 Å². The average molecular weight is 306 g/mol. The number of fused-ring (bicyclic) bond motifs is 1. The first-order valence-corrected chi connectivity index (χ1v) is 7.50. The second-order valence-electron chi connectivity index (χ2n) is 5.96. The van der Waals surface area contributed by atoms with Gasteiger partial charge in [0.15, 0.2) is 0 Å². The Kier molecular flexibility index (Phi) is 3.78. The minimum atomic E-state index is -0.344. The van der Waals surface area contributed by atoms with E-state index in [9.17, 15) is 5.11 Å². The first kappa shape index (κ1) is 14.6. The van der Waals surface area contributed by atoms with Crippen LogP contribution in [0.15, 0.2) is 24.3 Å². The van der Waals surface area contributed by atoms with Gasteiger partial charge in [0, 0.05) is 23.5 Å². The van der Waals surface area contributed by atoms with Crippen molar-refractivity contribution >= 4 is 28.3 Å². The molecule has 1 aliphatic heterocycles. The Morgan fingerprint density at radius 2 is 2.05 bits per heavy atom. The van der Waals surface area contributed by atoms with Crippen LogP contribution in [0.5, 0.6) is 0 Å². The lowest BCUT2D eigenvalue weighted by Gasteiger charge is -2.22. The Hall–Kier alpha value is -1.36. The molecule has 1 aromatic carbocycles. The number of hydrogen-bond acceptors (Lipinski definition) is 4. The van der Waals surface area contributed by atoms with E-state index in [0.29, 0.717) is 6.54 Å². The Morgan fingerprint density at radius 1 is 1.29 bits per heavy atom. The summed E-state index contributed by atoms with van der Waals surface area (Å²) in [6, 6.07) is 7.98.